The van der Waals surface area contributed by atoms with Crippen LogP contribution in [0.5, 0.6) is 0 Å². The molecule has 0 heterocycles. The summed E-state index contributed by atoms with van der Waals surface area (Å²) in [5.74, 6) is 0.665. The molecule has 2 N–H and O–H groups in total. The van der Waals surface area contributed by atoms with Crippen LogP contribution in [0.4, 0.5) is 0 Å². The third-order valence-corrected chi connectivity index (χ3v) is 2.70. The number of nitrogens with zero attached hydrogens (tertiary/aromatic N) is 1. The van der Waals surface area contributed by atoms with E-state index < -0.39 is 0 Å². The number of allylic oxidation sites excluding steroid dienone is 1. The first-order valence-corrected chi connectivity index (χ1v) is 5.45. The van der Waals surface area contributed by atoms with Crippen LogP contribution in [0.1, 0.15) is 19.3 Å². The number of hydrogen-bond donors (Lipinski definition) is 1. The molecule has 0 amide bonds. The van der Waals surface area contributed by atoms with Gasteiger partial charge in [-0.05, 0) is 38.8 Å². The highest BCUT2D eigenvalue weighted by atomic mass is 15.1. The first-order valence-electron chi connectivity index (χ1n) is 5.45. The average Bonchev–Trinajstić information content (AvgIpc) is 2.52. The van der Waals surface area contributed by atoms with Crippen LogP contribution in [0.2, 0.25) is 0 Å². The van der Waals surface area contributed by atoms with Crippen LogP contribution in [-0.4, -0.2) is 31.1 Å². The molecule has 2 atom stereocenters. The van der Waals surface area contributed by atoms with Crippen molar-refractivity contribution in [2.75, 3.05) is 20.1 Å². The van der Waals surface area contributed by atoms with E-state index in [0.717, 1.165) is 25.9 Å². The molecule has 0 bridgehead atoms. The molecule has 0 aromatic heterocycles. The van der Waals surface area contributed by atoms with Crippen molar-refractivity contribution in [3.8, 4) is 0 Å². The quantitative estimate of drug-likeness (QED) is 0.516. The Morgan fingerprint density at radius 2 is 2.36 bits per heavy atom. The Bertz CT molecular complexity index is 198. The van der Waals surface area contributed by atoms with Crippen LogP contribution in [0.3, 0.4) is 0 Å². The largest absolute Gasteiger partial charge is 0.324 e. The van der Waals surface area contributed by atoms with Crippen molar-refractivity contribution in [2.45, 2.75) is 25.3 Å². The van der Waals surface area contributed by atoms with Gasteiger partial charge in [0, 0.05) is 12.6 Å². The van der Waals surface area contributed by atoms with Crippen molar-refractivity contribution in [3.05, 3.63) is 24.8 Å². The first-order chi connectivity index (χ1) is 6.72. The second kappa shape index (κ2) is 5.99. The predicted octanol–water partition coefficient (Wildman–Crippen LogP) is 1.79. The van der Waals surface area contributed by atoms with Crippen molar-refractivity contribution in [1.29, 1.82) is 0 Å². The molecular weight excluding hydrogens is 172 g/mol. The minimum absolute atomic E-state index is 0.293. The van der Waals surface area contributed by atoms with Crippen LogP contribution < -0.4 is 5.73 Å². The lowest BCUT2D eigenvalue weighted by atomic mass is 10.1. The third kappa shape index (κ3) is 4.07. The second-order valence-electron chi connectivity index (χ2n) is 4.24. The first kappa shape index (κ1) is 11.5. The molecule has 0 radical (unpaired) electrons. The highest BCUT2D eigenvalue weighted by Crippen LogP contribution is 2.17. The van der Waals surface area contributed by atoms with Crippen molar-refractivity contribution < 1.29 is 0 Å². The number of rotatable bonds is 6. The molecule has 0 saturated heterocycles. The summed E-state index contributed by atoms with van der Waals surface area (Å²) in [6.07, 6.45) is 9.81. The molecule has 1 aliphatic rings. The zero-order chi connectivity index (χ0) is 10.4. The summed E-state index contributed by atoms with van der Waals surface area (Å²) in [7, 11) is 2.18. The normalized spacial score (nSPS) is 25.9. The zero-order valence-corrected chi connectivity index (χ0v) is 9.15. The predicted molar refractivity (Wildman–Crippen MR) is 62.2 cm³/mol. The van der Waals surface area contributed by atoms with Crippen molar-refractivity contribution >= 4 is 0 Å². The van der Waals surface area contributed by atoms with E-state index in [4.69, 9.17) is 5.73 Å². The fourth-order valence-electron chi connectivity index (χ4n) is 1.94. The van der Waals surface area contributed by atoms with E-state index >= 15 is 0 Å². The summed E-state index contributed by atoms with van der Waals surface area (Å²) in [4.78, 5) is 2.39. The van der Waals surface area contributed by atoms with Gasteiger partial charge in [0.2, 0.25) is 0 Å². The van der Waals surface area contributed by atoms with Crippen LogP contribution in [0, 0.1) is 5.92 Å². The number of unbranched alkanes of at least 4 members (excludes halogenated alkanes) is 1. The standard InChI is InChI=1S/C12H22N2/c1-3-4-5-8-14(2)10-11-6-7-12(13)9-11/h3,6-7,11-12H,1,4-5,8-10,13H2,2H3. The van der Waals surface area contributed by atoms with Crippen LogP contribution in [0.15, 0.2) is 24.8 Å². The monoisotopic (exact) mass is 194 g/mol. The molecule has 0 fully saturated rings. The summed E-state index contributed by atoms with van der Waals surface area (Å²) in [5.41, 5.74) is 5.80. The summed E-state index contributed by atoms with van der Waals surface area (Å²) in [6, 6.07) is 0.293. The molecule has 0 aliphatic heterocycles. The highest BCUT2D eigenvalue weighted by molar-refractivity contribution is 5.05. The Morgan fingerprint density at radius 1 is 1.57 bits per heavy atom. The van der Waals surface area contributed by atoms with Gasteiger partial charge in [-0.15, -0.1) is 6.58 Å². The Balaban J connectivity index is 2.11. The molecule has 2 unspecified atom stereocenters. The van der Waals surface area contributed by atoms with E-state index in [9.17, 15) is 0 Å². The maximum Gasteiger partial charge on any atom is 0.0229 e. The fourth-order valence-corrected chi connectivity index (χ4v) is 1.94. The van der Waals surface area contributed by atoms with E-state index in [0.29, 0.717) is 12.0 Å². The van der Waals surface area contributed by atoms with E-state index in [-0.39, 0.29) is 0 Å². The molecule has 2 nitrogen and oxygen atoms in total. The van der Waals surface area contributed by atoms with Gasteiger partial charge in [0.05, 0.1) is 0 Å². The van der Waals surface area contributed by atoms with E-state index in [1.165, 1.54) is 6.42 Å². The van der Waals surface area contributed by atoms with Gasteiger partial charge < -0.3 is 10.6 Å². The average molecular weight is 194 g/mol. The summed E-state index contributed by atoms with van der Waals surface area (Å²) in [6.45, 7) is 6.02. The van der Waals surface area contributed by atoms with Gasteiger partial charge in [-0.1, -0.05) is 18.2 Å². The maximum absolute atomic E-state index is 5.80. The fraction of sp³-hybridized carbons (Fsp3) is 0.667. The molecular formula is C12H22N2. The van der Waals surface area contributed by atoms with Crippen LogP contribution in [0.25, 0.3) is 0 Å². The summed E-state index contributed by atoms with van der Waals surface area (Å²) < 4.78 is 0. The second-order valence-corrected chi connectivity index (χ2v) is 4.24. The topological polar surface area (TPSA) is 29.3 Å². The molecule has 80 valence electrons. The van der Waals surface area contributed by atoms with Gasteiger partial charge >= 0.3 is 0 Å². The van der Waals surface area contributed by atoms with Crippen molar-refractivity contribution in [1.82, 2.24) is 4.90 Å². The minimum Gasteiger partial charge on any atom is -0.324 e. The number of nitrogens with two attached hydrogens (primary N) is 1. The van der Waals surface area contributed by atoms with Gasteiger partial charge in [-0.3, -0.25) is 0 Å². The Kier molecular flexibility index (Phi) is 4.91. The Labute approximate surface area is 87.5 Å². The number of hydrogen-bond acceptors (Lipinski definition) is 2. The molecule has 0 aromatic rings. The zero-order valence-electron chi connectivity index (χ0n) is 9.15. The summed E-state index contributed by atoms with van der Waals surface area (Å²) in [5, 5.41) is 0. The molecule has 0 aromatic carbocycles. The van der Waals surface area contributed by atoms with Gasteiger partial charge in [0.1, 0.15) is 0 Å². The molecule has 14 heavy (non-hydrogen) atoms. The van der Waals surface area contributed by atoms with Crippen molar-refractivity contribution in [2.24, 2.45) is 11.7 Å². The van der Waals surface area contributed by atoms with Gasteiger partial charge in [0.15, 0.2) is 0 Å². The molecule has 0 spiro atoms. The van der Waals surface area contributed by atoms with E-state index in [1.54, 1.807) is 0 Å². The lowest BCUT2D eigenvalue weighted by molar-refractivity contribution is 0.293. The Morgan fingerprint density at radius 3 is 2.93 bits per heavy atom. The molecule has 1 rings (SSSR count). The molecule has 0 saturated carbocycles. The smallest absolute Gasteiger partial charge is 0.0229 e. The SMILES string of the molecule is C=CCCCN(C)CC1C=CC(N)C1. The minimum atomic E-state index is 0.293. The van der Waals surface area contributed by atoms with Gasteiger partial charge in [-0.2, -0.15) is 0 Å². The Hall–Kier alpha value is -0.600. The van der Waals surface area contributed by atoms with E-state index in [2.05, 4.69) is 30.7 Å². The molecule has 1 aliphatic carbocycles. The maximum atomic E-state index is 5.80. The van der Waals surface area contributed by atoms with Crippen LogP contribution >= 0.6 is 0 Å². The highest BCUT2D eigenvalue weighted by Gasteiger charge is 2.16. The van der Waals surface area contributed by atoms with Crippen LogP contribution in [-0.2, 0) is 0 Å². The lowest BCUT2D eigenvalue weighted by Crippen LogP contribution is -2.27. The van der Waals surface area contributed by atoms with Gasteiger partial charge in [-0.25, -0.2) is 0 Å². The van der Waals surface area contributed by atoms with Crippen molar-refractivity contribution in [3.63, 3.8) is 0 Å². The summed E-state index contributed by atoms with van der Waals surface area (Å²) >= 11 is 0. The van der Waals surface area contributed by atoms with Gasteiger partial charge in [0.25, 0.3) is 0 Å². The lowest BCUT2D eigenvalue weighted by Gasteiger charge is -2.19. The molecule has 2 heteroatoms. The van der Waals surface area contributed by atoms with E-state index in [1.807, 2.05) is 6.08 Å². The third-order valence-electron chi connectivity index (χ3n) is 2.70.